The van der Waals surface area contributed by atoms with Gasteiger partial charge in [0.15, 0.2) is 0 Å². The molecule has 6 heteroatoms. The number of carbonyl (C=O) groups is 1. The first-order valence-electron chi connectivity index (χ1n) is 6.48. The minimum atomic E-state index is -0.253. The molecule has 0 bridgehead atoms. The molecule has 0 aromatic carbocycles. The van der Waals surface area contributed by atoms with Gasteiger partial charge in [0.2, 0.25) is 0 Å². The van der Waals surface area contributed by atoms with E-state index in [0.29, 0.717) is 10.6 Å². The number of amides is 1. The van der Waals surface area contributed by atoms with Crippen LogP contribution in [0.25, 0.3) is 10.2 Å². The van der Waals surface area contributed by atoms with Gasteiger partial charge in [0.05, 0.1) is 22.8 Å². The van der Waals surface area contributed by atoms with E-state index in [1.54, 1.807) is 4.68 Å². The van der Waals surface area contributed by atoms with Crippen LogP contribution in [0.15, 0.2) is 0 Å². The van der Waals surface area contributed by atoms with E-state index in [9.17, 15) is 4.79 Å². The summed E-state index contributed by atoms with van der Waals surface area (Å²) in [5, 5.41) is 8.00. The average molecular weight is 290 g/mol. The number of nitrogen functional groups attached to an aromatic ring is 1. The smallest absolute Gasteiger partial charge is 0.264 e. The first-order chi connectivity index (χ1) is 9.49. The molecule has 0 fully saturated rings. The molecule has 0 saturated carbocycles. The fourth-order valence-electron chi connectivity index (χ4n) is 2.21. The molecule has 3 N–H and O–H groups in total. The minimum Gasteiger partial charge on any atom is -0.397 e. The molecule has 0 aliphatic carbocycles. The van der Waals surface area contributed by atoms with E-state index in [-0.39, 0.29) is 11.9 Å². The van der Waals surface area contributed by atoms with Crippen molar-refractivity contribution in [1.82, 2.24) is 15.1 Å². The highest BCUT2D eigenvalue weighted by molar-refractivity contribution is 7.21. The highest BCUT2D eigenvalue weighted by Crippen LogP contribution is 2.35. The summed E-state index contributed by atoms with van der Waals surface area (Å²) in [7, 11) is 1.84. The third-order valence-electron chi connectivity index (χ3n) is 3.17. The van der Waals surface area contributed by atoms with Gasteiger partial charge in [0.1, 0.15) is 9.71 Å². The summed E-state index contributed by atoms with van der Waals surface area (Å²) in [5.74, 6) is 2.38. The maximum atomic E-state index is 12.3. The number of aryl methyl sites for hydroxylation is 2. The van der Waals surface area contributed by atoms with E-state index in [1.807, 2.05) is 20.9 Å². The van der Waals surface area contributed by atoms with E-state index in [2.05, 4.69) is 16.3 Å². The topological polar surface area (TPSA) is 72.9 Å². The second-order valence-corrected chi connectivity index (χ2v) is 5.71. The Morgan fingerprint density at radius 2 is 2.35 bits per heavy atom. The van der Waals surface area contributed by atoms with Crippen LogP contribution in [0.5, 0.6) is 0 Å². The Labute approximate surface area is 122 Å². The summed E-state index contributed by atoms with van der Waals surface area (Å²) in [4.78, 5) is 13.7. The summed E-state index contributed by atoms with van der Waals surface area (Å²) in [6.07, 6.45) is 7.09. The highest BCUT2D eigenvalue weighted by Gasteiger charge is 2.22. The maximum Gasteiger partial charge on any atom is 0.264 e. The van der Waals surface area contributed by atoms with Crippen molar-refractivity contribution in [1.29, 1.82) is 0 Å². The number of anilines is 1. The van der Waals surface area contributed by atoms with Crippen LogP contribution in [0, 0.1) is 19.3 Å². The lowest BCUT2D eigenvalue weighted by molar-refractivity contribution is 0.0949. The molecule has 0 aliphatic rings. The number of hydrogen-bond acceptors (Lipinski definition) is 4. The van der Waals surface area contributed by atoms with Crippen molar-refractivity contribution >= 4 is 33.1 Å². The third kappa shape index (κ3) is 2.37. The number of hydrogen-bond donors (Lipinski definition) is 2. The molecular weight excluding hydrogens is 272 g/mol. The molecule has 0 saturated heterocycles. The number of terminal acetylenes is 1. The number of rotatable bonds is 4. The molecule has 2 heterocycles. The Bertz CT molecular complexity index is 692. The summed E-state index contributed by atoms with van der Waals surface area (Å²) in [6.45, 7) is 3.91. The molecule has 1 unspecified atom stereocenters. The van der Waals surface area contributed by atoms with Crippen molar-refractivity contribution in [3.8, 4) is 12.3 Å². The van der Waals surface area contributed by atoms with Crippen molar-refractivity contribution in [3.05, 3.63) is 10.6 Å². The SMILES string of the molecule is C#CC(CCC)NC(=O)c1sc2c(c(C)nn2C)c1N. The quantitative estimate of drug-likeness (QED) is 0.847. The van der Waals surface area contributed by atoms with Crippen LogP contribution >= 0.6 is 11.3 Å². The molecular formula is C14H18N4OS. The van der Waals surface area contributed by atoms with Crippen molar-refractivity contribution in [2.75, 3.05) is 5.73 Å². The normalized spacial score (nSPS) is 12.3. The fourth-order valence-corrected chi connectivity index (χ4v) is 3.30. The summed E-state index contributed by atoms with van der Waals surface area (Å²) < 4.78 is 1.74. The lowest BCUT2D eigenvalue weighted by Gasteiger charge is -2.11. The minimum absolute atomic E-state index is 0.209. The third-order valence-corrected chi connectivity index (χ3v) is 4.44. The van der Waals surface area contributed by atoms with Crippen LogP contribution in [0.4, 0.5) is 5.69 Å². The fraction of sp³-hybridized carbons (Fsp3) is 0.429. The molecule has 1 atom stereocenters. The number of thiophene rings is 1. The van der Waals surface area contributed by atoms with E-state index in [4.69, 9.17) is 12.2 Å². The van der Waals surface area contributed by atoms with Gasteiger partial charge >= 0.3 is 0 Å². The Morgan fingerprint density at radius 1 is 1.65 bits per heavy atom. The predicted molar refractivity (Wildman–Crippen MR) is 82.7 cm³/mol. The van der Waals surface area contributed by atoms with Gasteiger partial charge in [-0.05, 0) is 13.3 Å². The zero-order chi connectivity index (χ0) is 14.9. The molecule has 5 nitrogen and oxygen atoms in total. The van der Waals surface area contributed by atoms with E-state index >= 15 is 0 Å². The van der Waals surface area contributed by atoms with E-state index in [0.717, 1.165) is 28.8 Å². The van der Waals surface area contributed by atoms with Crippen molar-refractivity contribution < 1.29 is 4.79 Å². The Hall–Kier alpha value is -2.00. The van der Waals surface area contributed by atoms with Crippen molar-refractivity contribution in [2.24, 2.45) is 7.05 Å². The average Bonchev–Trinajstić information content (AvgIpc) is 2.88. The molecule has 0 aliphatic heterocycles. The highest BCUT2D eigenvalue weighted by atomic mass is 32.1. The zero-order valence-electron chi connectivity index (χ0n) is 11.9. The molecule has 2 rings (SSSR count). The Morgan fingerprint density at radius 3 is 2.90 bits per heavy atom. The van der Waals surface area contributed by atoms with Gasteiger partial charge in [0.25, 0.3) is 5.91 Å². The number of carbonyl (C=O) groups excluding carboxylic acids is 1. The molecule has 2 aromatic rings. The zero-order valence-corrected chi connectivity index (χ0v) is 12.7. The number of nitrogens with one attached hydrogen (secondary N) is 1. The van der Waals surface area contributed by atoms with Crippen LogP contribution in [0.2, 0.25) is 0 Å². The maximum absolute atomic E-state index is 12.3. The molecule has 20 heavy (non-hydrogen) atoms. The summed E-state index contributed by atoms with van der Waals surface area (Å²) >= 11 is 1.34. The van der Waals surface area contributed by atoms with Crippen molar-refractivity contribution in [3.63, 3.8) is 0 Å². The Kier molecular flexibility index (Phi) is 4.00. The van der Waals surface area contributed by atoms with Gasteiger partial charge in [-0.15, -0.1) is 17.8 Å². The molecule has 2 aromatic heterocycles. The van der Waals surface area contributed by atoms with Gasteiger partial charge in [-0.2, -0.15) is 5.10 Å². The second kappa shape index (κ2) is 5.55. The largest absolute Gasteiger partial charge is 0.397 e. The standard InChI is InChI=1S/C14H18N4OS/c1-5-7-9(6-2)16-13(19)12-11(15)10-8(3)17-18(4)14(10)20-12/h2,9H,5,7,15H2,1,3-4H3,(H,16,19). The lowest BCUT2D eigenvalue weighted by Crippen LogP contribution is -2.33. The monoisotopic (exact) mass is 290 g/mol. The van der Waals surface area contributed by atoms with Crippen LogP contribution < -0.4 is 11.1 Å². The summed E-state index contributed by atoms with van der Waals surface area (Å²) in [6, 6.07) is -0.253. The van der Waals surface area contributed by atoms with Gasteiger partial charge in [-0.3, -0.25) is 9.48 Å². The van der Waals surface area contributed by atoms with Gasteiger partial charge in [0, 0.05) is 7.05 Å². The van der Waals surface area contributed by atoms with Crippen LogP contribution in [0.1, 0.15) is 35.1 Å². The van der Waals surface area contributed by atoms with Crippen LogP contribution in [0.3, 0.4) is 0 Å². The number of nitrogens with zero attached hydrogens (tertiary/aromatic N) is 2. The first kappa shape index (κ1) is 14.4. The molecule has 0 radical (unpaired) electrons. The second-order valence-electron chi connectivity index (χ2n) is 4.72. The molecule has 1 amide bonds. The van der Waals surface area contributed by atoms with E-state index in [1.165, 1.54) is 11.3 Å². The molecule has 106 valence electrons. The lowest BCUT2D eigenvalue weighted by atomic mass is 10.1. The van der Waals surface area contributed by atoms with Gasteiger partial charge in [-0.25, -0.2) is 0 Å². The first-order valence-corrected chi connectivity index (χ1v) is 7.29. The Balaban J connectivity index is 2.34. The van der Waals surface area contributed by atoms with Crippen molar-refractivity contribution in [2.45, 2.75) is 32.7 Å². The number of nitrogens with two attached hydrogens (primary N) is 1. The van der Waals surface area contributed by atoms with Crippen LogP contribution in [-0.2, 0) is 7.05 Å². The van der Waals surface area contributed by atoms with Gasteiger partial charge in [-0.1, -0.05) is 19.3 Å². The predicted octanol–water partition coefficient (Wildman–Crippen LogP) is 2.06. The molecule has 0 spiro atoms. The van der Waals surface area contributed by atoms with Crippen LogP contribution in [-0.4, -0.2) is 21.7 Å². The van der Waals surface area contributed by atoms with Gasteiger partial charge < -0.3 is 11.1 Å². The number of fused-ring (bicyclic) bond motifs is 1. The number of aromatic nitrogens is 2. The summed E-state index contributed by atoms with van der Waals surface area (Å²) in [5.41, 5.74) is 7.41. The van der Waals surface area contributed by atoms with E-state index < -0.39 is 0 Å².